The molecule has 0 aliphatic carbocycles. The number of para-hydroxylation sites is 1. The number of carbonyl (C=O) groups is 1. The number of carbonyl (C=O) groups excluding carboxylic acids is 1. The van der Waals surface area contributed by atoms with E-state index in [1.54, 1.807) is 4.90 Å². The van der Waals surface area contributed by atoms with E-state index in [0.717, 1.165) is 40.7 Å². The summed E-state index contributed by atoms with van der Waals surface area (Å²) in [7, 11) is 3.90. The van der Waals surface area contributed by atoms with Crippen LogP contribution in [0, 0.1) is 0 Å². The van der Waals surface area contributed by atoms with Gasteiger partial charge in [0.2, 0.25) is 0 Å². The summed E-state index contributed by atoms with van der Waals surface area (Å²) in [6.07, 6.45) is 5.63. The Hall–Kier alpha value is -2.23. The molecule has 2 aromatic rings. The van der Waals surface area contributed by atoms with Gasteiger partial charge in [0.05, 0.1) is 12.1 Å². The minimum absolute atomic E-state index is 0.111. The number of likely N-dealkylation sites (N-methyl/N-ethyl adjacent to an activating group) is 1. The normalized spacial score (nSPS) is 15.1. The maximum atomic E-state index is 12.7. The predicted molar refractivity (Wildman–Crippen MR) is 95.0 cm³/mol. The lowest BCUT2D eigenvalue weighted by molar-refractivity contribution is -0.122. The molecule has 1 aliphatic rings. The monoisotopic (exact) mass is 311 g/mol. The van der Waals surface area contributed by atoms with Crippen molar-refractivity contribution < 1.29 is 4.79 Å². The number of nitrogens with one attached hydrogen (secondary N) is 1. The van der Waals surface area contributed by atoms with Crippen LogP contribution in [0.4, 0.5) is 0 Å². The summed E-state index contributed by atoms with van der Waals surface area (Å²) in [4.78, 5) is 14.5. The summed E-state index contributed by atoms with van der Waals surface area (Å²) in [5.41, 5.74) is 4.09. The molecule has 0 saturated carbocycles. The smallest absolute Gasteiger partial charge is 0.256 e. The van der Waals surface area contributed by atoms with Crippen molar-refractivity contribution in [1.82, 2.24) is 14.8 Å². The van der Waals surface area contributed by atoms with Crippen LogP contribution in [-0.4, -0.2) is 35.5 Å². The Labute approximate surface area is 137 Å². The highest BCUT2D eigenvalue weighted by molar-refractivity contribution is 6.25. The molecule has 0 unspecified atom stereocenters. The Bertz CT molecular complexity index is 757. The molecule has 1 aromatic carbocycles. The van der Waals surface area contributed by atoms with Gasteiger partial charge in [-0.15, -0.1) is 0 Å². The molecule has 0 spiro atoms. The van der Waals surface area contributed by atoms with Crippen molar-refractivity contribution in [1.29, 1.82) is 0 Å². The number of unbranched alkanes of at least 4 members (excludes halogenated alkanes) is 2. The fraction of sp³-hybridized carbons (Fsp3) is 0.421. The van der Waals surface area contributed by atoms with Crippen LogP contribution in [0.5, 0.6) is 0 Å². The molecule has 0 saturated heterocycles. The van der Waals surface area contributed by atoms with E-state index >= 15 is 0 Å². The summed E-state index contributed by atoms with van der Waals surface area (Å²) in [6, 6.07) is 8.26. The van der Waals surface area contributed by atoms with Gasteiger partial charge in [0.1, 0.15) is 0 Å². The van der Waals surface area contributed by atoms with Crippen LogP contribution in [-0.2, 0) is 11.8 Å². The fourth-order valence-electron chi connectivity index (χ4n) is 3.29. The van der Waals surface area contributed by atoms with E-state index in [1.165, 1.54) is 12.8 Å². The van der Waals surface area contributed by atoms with Crippen molar-refractivity contribution in [2.24, 2.45) is 7.05 Å². The second-order valence-electron chi connectivity index (χ2n) is 6.32. The first-order valence-electron chi connectivity index (χ1n) is 8.40. The van der Waals surface area contributed by atoms with Gasteiger partial charge in [-0.2, -0.15) is 0 Å². The topological polar surface area (TPSA) is 37.3 Å². The van der Waals surface area contributed by atoms with Crippen molar-refractivity contribution in [3.63, 3.8) is 0 Å². The largest absolute Gasteiger partial charge is 0.386 e. The summed E-state index contributed by atoms with van der Waals surface area (Å²) in [5.74, 6) is 0.111. The number of nitrogens with zero attached hydrogens (tertiary/aromatic N) is 2. The Morgan fingerprint density at radius 2 is 1.96 bits per heavy atom. The van der Waals surface area contributed by atoms with E-state index in [0.29, 0.717) is 6.54 Å². The molecule has 122 valence electrons. The zero-order chi connectivity index (χ0) is 16.4. The van der Waals surface area contributed by atoms with Crippen LogP contribution in [0.1, 0.15) is 31.7 Å². The number of hydrogen-bond acceptors (Lipinski definition) is 2. The average Bonchev–Trinajstić information content (AvgIpc) is 3.02. The van der Waals surface area contributed by atoms with Gasteiger partial charge < -0.3 is 14.8 Å². The van der Waals surface area contributed by atoms with E-state index in [9.17, 15) is 4.79 Å². The zero-order valence-electron chi connectivity index (χ0n) is 14.2. The first kappa shape index (κ1) is 15.7. The molecule has 0 bridgehead atoms. The highest BCUT2D eigenvalue weighted by atomic mass is 16.2. The number of hydrogen-bond donors (Lipinski definition) is 1. The fourth-order valence-corrected chi connectivity index (χ4v) is 3.29. The standard InChI is InChI=1S/C19H25N3O/c1-4-5-8-11-20-16-13-22(3)19(23)18(16)15-12-21(2)17-10-7-6-9-14(15)17/h6-7,9-10,12,20H,4-5,8,11,13H2,1-3H3. The number of benzene rings is 1. The third-order valence-electron chi connectivity index (χ3n) is 4.54. The first-order chi connectivity index (χ1) is 11.1. The number of amides is 1. The minimum Gasteiger partial charge on any atom is -0.386 e. The minimum atomic E-state index is 0.111. The van der Waals surface area contributed by atoms with Crippen molar-refractivity contribution in [2.75, 3.05) is 20.1 Å². The second kappa shape index (κ2) is 6.49. The molecule has 2 heterocycles. The Morgan fingerprint density at radius 3 is 2.74 bits per heavy atom. The summed E-state index contributed by atoms with van der Waals surface area (Å²) in [6.45, 7) is 3.80. The predicted octanol–water partition coefficient (Wildman–Crippen LogP) is 3.14. The molecule has 1 N–H and O–H groups in total. The number of rotatable bonds is 6. The summed E-state index contributed by atoms with van der Waals surface area (Å²) < 4.78 is 2.10. The van der Waals surface area contributed by atoms with E-state index in [2.05, 4.69) is 35.1 Å². The van der Waals surface area contributed by atoms with Gasteiger partial charge in [-0.1, -0.05) is 38.0 Å². The SMILES string of the molecule is CCCCCNC1=C(c2cn(C)c3ccccc23)C(=O)N(C)C1. The van der Waals surface area contributed by atoms with Crippen LogP contribution < -0.4 is 5.32 Å². The lowest BCUT2D eigenvalue weighted by atomic mass is 10.0. The molecule has 0 atom stereocenters. The van der Waals surface area contributed by atoms with E-state index in [4.69, 9.17) is 0 Å². The highest BCUT2D eigenvalue weighted by Crippen LogP contribution is 2.32. The molecule has 1 aliphatic heterocycles. The van der Waals surface area contributed by atoms with Gasteiger partial charge in [0.25, 0.3) is 5.91 Å². The quantitative estimate of drug-likeness (QED) is 0.832. The lowest BCUT2D eigenvalue weighted by Crippen LogP contribution is -2.23. The van der Waals surface area contributed by atoms with Crippen LogP contribution in [0.15, 0.2) is 36.2 Å². The van der Waals surface area contributed by atoms with Crippen molar-refractivity contribution in [3.05, 3.63) is 41.7 Å². The molecular weight excluding hydrogens is 286 g/mol. The summed E-state index contributed by atoms with van der Waals surface area (Å²) in [5, 5.41) is 4.65. The van der Waals surface area contributed by atoms with Crippen LogP contribution in [0.3, 0.4) is 0 Å². The molecule has 4 heteroatoms. The lowest BCUT2D eigenvalue weighted by Gasteiger charge is -2.09. The van der Waals surface area contributed by atoms with Gasteiger partial charge in [0.15, 0.2) is 0 Å². The molecule has 3 rings (SSSR count). The Morgan fingerprint density at radius 1 is 1.17 bits per heavy atom. The molecule has 4 nitrogen and oxygen atoms in total. The maximum Gasteiger partial charge on any atom is 0.256 e. The Balaban J connectivity index is 1.99. The maximum absolute atomic E-state index is 12.7. The van der Waals surface area contributed by atoms with E-state index in [-0.39, 0.29) is 5.91 Å². The van der Waals surface area contributed by atoms with Crippen LogP contribution in [0.2, 0.25) is 0 Å². The van der Waals surface area contributed by atoms with E-state index < -0.39 is 0 Å². The third-order valence-corrected chi connectivity index (χ3v) is 4.54. The Kier molecular flexibility index (Phi) is 4.42. The number of fused-ring (bicyclic) bond motifs is 1. The van der Waals surface area contributed by atoms with Gasteiger partial charge in [-0.25, -0.2) is 0 Å². The number of aryl methyl sites for hydroxylation is 1. The van der Waals surface area contributed by atoms with Crippen molar-refractivity contribution in [2.45, 2.75) is 26.2 Å². The van der Waals surface area contributed by atoms with E-state index in [1.807, 2.05) is 26.2 Å². The van der Waals surface area contributed by atoms with Gasteiger partial charge in [-0.3, -0.25) is 4.79 Å². The molecule has 23 heavy (non-hydrogen) atoms. The average molecular weight is 311 g/mol. The third kappa shape index (κ3) is 2.85. The molecule has 0 radical (unpaired) electrons. The van der Waals surface area contributed by atoms with Crippen LogP contribution in [0.25, 0.3) is 16.5 Å². The molecule has 0 fully saturated rings. The van der Waals surface area contributed by atoms with Crippen LogP contribution >= 0.6 is 0 Å². The highest BCUT2D eigenvalue weighted by Gasteiger charge is 2.30. The zero-order valence-corrected chi connectivity index (χ0v) is 14.2. The van der Waals surface area contributed by atoms with Gasteiger partial charge in [-0.05, 0) is 12.5 Å². The molecular formula is C19H25N3O. The second-order valence-corrected chi connectivity index (χ2v) is 6.32. The van der Waals surface area contributed by atoms with Crippen molar-refractivity contribution in [3.8, 4) is 0 Å². The molecule has 1 aromatic heterocycles. The van der Waals surface area contributed by atoms with Gasteiger partial charge in [0, 0.05) is 49.0 Å². The van der Waals surface area contributed by atoms with Gasteiger partial charge >= 0.3 is 0 Å². The summed E-state index contributed by atoms with van der Waals surface area (Å²) >= 11 is 0. The van der Waals surface area contributed by atoms with Crippen molar-refractivity contribution >= 4 is 22.4 Å². The number of aromatic nitrogens is 1. The first-order valence-corrected chi connectivity index (χ1v) is 8.40. The molecule has 1 amide bonds.